The van der Waals surface area contributed by atoms with E-state index in [1.54, 1.807) is 24.1 Å². The van der Waals surface area contributed by atoms with E-state index in [0.717, 1.165) is 16.4 Å². The van der Waals surface area contributed by atoms with Crippen molar-refractivity contribution in [2.45, 2.75) is 13.5 Å². The number of aliphatic hydroxyl groups excluding tert-OH is 1. The van der Waals surface area contributed by atoms with Crippen molar-refractivity contribution in [1.29, 1.82) is 0 Å². The van der Waals surface area contributed by atoms with Gasteiger partial charge in [-0.3, -0.25) is 4.79 Å². The molecule has 2 rings (SSSR count). The summed E-state index contributed by atoms with van der Waals surface area (Å²) >= 11 is 1.32. The van der Waals surface area contributed by atoms with Crippen LogP contribution >= 0.6 is 11.3 Å². The summed E-state index contributed by atoms with van der Waals surface area (Å²) < 4.78 is 5.46. The van der Waals surface area contributed by atoms with Gasteiger partial charge < -0.3 is 14.4 Å². The van der Waals surface area contributed by atoms with E-state index >= 15 is 0 Å². The van der Waals surface area contributed by atoms with Crippen molar-refractivity contribution < 1.29 is 14.3 Å². The maximum absolute atomic E-state index is 12.2. The molecule has 0 atom stereocenters. The van der Waals surface area contributed by atoms with Crippen molar-refractivity contribution >= 4 is 17.2 Å². The molecule has 0 radical (unpaired) electrons. The summed E-state index contributed by atoms with van der Waals surface area (Å²) in [7, 11) is 1.74. The first-order chi connectivity index (χ1) is 9.60. The minimum atomic E-state index is -0.182. The van der Waals surface area contributed by atoms with Crippen LogP contribution < -0.4 is 0 Å². The second-order valence-electron chi connectivity index (χ2n) is 4.30. The predicted molar refractivity (Wildman–Crippen MR) is 77.5 cm³/mol. The van der Waals surface area contributed by atoms with Crippen molar-refractivity contribution in [2.75, 3.05) is 13.7 Å². The molecule has 2 aromatic rings. The molecule has 0 fully saturated rings. The molecule has 1 N–H and O–H groups in total. The summed E-state index contributed by atoms with van der Waals surface area (Å²) in [5.74, 6) is 6.88. The highest BCUT2D eigenvalue weighted by Crippen LogP contribution is 2.18. The third-order valence-electron chi connectivity index (χ3n) is 2.64. The van der Waals surface area contributed by atoms with E-state index < -0.39 is 0 Å². The molecule has 0 unspecified atom stereocenters. The molecule has 0 aliphatic rings. The molecule has 2 heterocycles. The van der Waals surface area contributed by atoms with Crippen molar-refractivity contribution in [1.82, 2.24) is 4.90 Å². The zero-order valence-corrected chi connectivity index (χ0v) is 12.2. The van der Waals surface area contributed by atoms with Crippen molar-refractivity contribution in [2.24, 2.45) is 0 Å². The number of carbonyl (C=O) groups excluding carboxylic acids is 1. The quantitative estimate of drug-likeness (QED) is 0.882. The van der Waals surface area contributed by atoms with Crippen LogP contribution in [0.1, 0.15) is 26.1 Å². The van der Waals surface area contributed by atoms with Gasteiger partial charge in [0.25, 0.3) is 5.91 Å². The van der Waals surface area contributed by atoms with Gasteiger partial charge in [-0.05, 0) is 31.2 Å². The third-order valence-corrected chi connectivity index (χ3v) is 3.63. The van der Waals surface area contributed by atoms with Crippen LogP contribution in [-0.4, -0.2) is 29.6 Å². The van der Waals surface area contributed by atoms with Gasteiger partial charge in [-0.2, -0.15) is 0 Å². The van der Waals surface area contributed by atoms with Crippen LogP contribution in [0.3, 0.4) is 0 Å². The summed E-state index contributed by atoms with van der Waals surface area (Å²) in [6, 6.07) is 7.27. The molecule has 20 heavy (non-hydrogen) atoms. The zero-order chi connectivity index (χ0) is 14.5. The predicted octanol–water partition coefficient (Wildman–Crippen LogP) is 2.27. The van der Waals surface area contributed by atoms with Crippen LogP contribution in [0.5, 0.6) is 0 Å². The number of rotatable bonds is 3. The van der Waals surface area contributed by atoms with Gasteiger partial charge in [0, 0.05) is 7.05 Å². The summed E-state index contributed by atoms with van der Waals surface area (Å²) in [4.78, 5) is 15.2. The summed E-state index contributed by atoms with van der Waals surface area (Å²) in [5.41, 5.74) is 0. The Morgan fingerprint density at radius 2 is 2.20 bits per heavy atom. The number of amides is 1. The standard InChI is InChI=1S/C15H15NO3S/c1-11-5-6-12(19-11)10-16(2)15(18)14-8-7-13(20-14)4-3-9-17/h5-8,17H,9-10H2,1-2H3. The van der Waals surface area contributed by atoms with E-state index in [4.69, 9.17) is 9.52 Å². The number of furan rings is 1. The van der Waals surface area contributed by atoms with Crippen LogP contribution in [0, 0.1) is 18.8 Å². The largest absolute Gasteiger partial charge is 0.464 e. The second-order valence-corrected chi connectivity index (χ2v) is 5.38. The van der Waals surface area contributed by atoms with Gasteiger partial charge in [0.2, 0.25) is 0 Å². The fourth-order valence-electron chi connectivity index (χ4n) is 1.71. The molecule has 0 bridgehead atoms. The lowest BCUT2D eigenvalue weighted by Crippen LogP contribution is -2.25. The van der Waals surface area contributed by atoms with Crippen LogP contribution in [0.25, 0.3) is 0 Å². The van der Waals surface area contributed by atoms with Crippen LogP contribution in [0.15, 0.2) is 28.7 Å². The lowest BCUT2D eigenvalue weighted by molar-refractivity contribution is 0.0780. The molecule has 4 nitrogen and oxygen atoms in total. The van der Waals surface area contributed by atoms with E-state index in [9.17, 15) is 4.79 Å². The van der Waals surface area contributed by atoms with E-state index in [-0.39, 0.29) is 12.5 Å². The first kappa shape index (κ1) is 14.4. The molecule has 0 saturated heterocycles. The SMILES string of the molecule is Cc1ccc(CN(C)C(=O)c2ccc(C#CCO)s2)o1. The van der Waals surface area contributed by atoms with E-state index in [2.05, 4.69) is 11.8 Å². The van der Waals surface area contributed by atoms with E-state index in [1.807, 2.05) is 19.1 Å². The van der Waals surface area contributed by atoms with Crippen LogP contribution in [0.2, 0.25) is 0 Å². The molecule has 0 aliphatic heterocycles. The minimum absolute atomic E-state index is 0.0684. The van der Waals surface area contributed by atoms with E-state index in [0.29, 0.717) is 11.4 Å². The Morgan fingerprint density at radius 1 is 1.40 bits per heavy atom. The number of carbonyl (C=O) groups is 1. The molecule has 0 saturated carbocycles. The van der Waals surface area contributed by atoms with E-state index in [1.165, 1.54) is 11.3 Å². The molecule has 0 spiro atoms. The normalized spacial score (nSPS) is 9.95. The fraction of sp³-hybridized carbons (Fsp3) is 0.267. The Labute approximate surface area is 121 Å². The van der Waals surface area contributed by atoms with Gasteiger partial charge in [0.15, 0.2) is 0 Å². The summed E-state index contributed by atoms with van der Waals surface area (Å²) in [6.45, 7) is 2.12. The Morgan fingerprint density at radius 3 is 2.85 bits per heavy atom. The monoisotopic (exact) mass is 289 g/mol. The summed E-state index contributed by atoms with van der Waals surface area (Å²) in [6.07, 6.45) is 0. The Balaban J connectivity index is 2.04. The van der Waals surface area contributed by atoms with Gasteiger partial charge in [0.05, 0.1) is 16.3 Å². The van der Waals surface area contributed by atoms with Crippen LogP contribution in [0.4, 0.5) is 0 Å². The molecule has 104 valence electrons. The smallest absolute Gasteiger partial charge is 0.264 e. The van der Waals surface area contributed by atoms with Crippen LogP contribution in [-0.2, 0) is 6.54 Å². The molecule has 0 aliphatic carbocycles. The van der Waals surface area contributed by atoms with Gasteiger partial charge in [-0.15, -0.1) is 11.3 Å². The number of hydrogen-bond donors (Lipinski definition) is 1. The highest BCUT2D eigenvalue weighted by molar-refractivity contribution is 7.14. The number of thiophene rings is 1. The zero-order valence-electron chi connectivity index (χ0n) is 11.3. The highest BCUT2D eigenvalue weighted by Gasteiger charge is 2.15. The fourth-order valence-corrected chi connectivity index (χ4v) is 2.59. The van der Waals surface area contributed by atoms with Crippen molar-refractivity contribution in [3.05, 3.63) is 45.5 Å². The molecular weight excluding hydrogens is 274 g/mol. The molecule has 2 aromatic heterocycles. The molecule has 5 heteroatoms. The lowest BCUT2D eigenvalue weighted by atomic mass is 10.3. The number of aryl methyl sites for hydroxylation is 1. The average Bonchev–Trinajstić information content (AvgIpc) is 3.04. The number of nitrogens with zero attached hydrogens (tertiary/aromatic N) is 1. The lowest BCUT2D eigenvalue weighted by Gasteiger charge is -2.14. The maximum atomic E-state index is 12.2. The van der Waals surface area contributed by atoms with Crippen molar-refractivity contribution in [3.63, 3.8) is 0 Å². The first-order valence-corrected chi connectivity index (χ1v) is 6.92. The summed E-state index contributed by atoms with van der Waals surface area (Å²) in [5, 5.41) is 8.64. The van der Waals surface area contributed by atoms with Gasteiger partial charge in [-0.1, -0.05) is 11.8 Å². The topological polar surface area (TPSA) is 53.7 Å². The number of aliphatic hydroxyl groups is 1. The third kappa shape index (κ3) is 3.50. The first-order valence-electron chi connectivity index (χ1n) is 6.10. The highest BCUT2D eigenvalue weighted by atomic mass is 32.1. The second kappa shape index (κ2) is 6.42. The van der Waals surface area contributed by atoms with Gasteiger partial charge in [0.1, 0.15) is 18.1 Å². The Bertz CT molecular complexity index is 660. The maximum Gasteiger partial charge on any atom is 0.264 e. The average molecular weight is 289 g/mol. The Hall–Kier alpha value is -2.03. The molecule has 0 aromatic carbocycles. The minimum Gasteiger partial charge on any atom is -0.464 e. The van der Waals surface area contributed by atoms with Crippen molar-refractivity contribution in [3.8, 4) is 11.8 Å². The molecular formula is C15H15NO3S. The van der Waals surface area contributed by atoms with Gasteiger partial charge >= 0.3 is 0 Å². The number of hydrogen-bond acceptors (Lipinski definition) is 4. The van der Waals surface area contributed by atoms with Gasteiger partial charge in [-0.25, -0.2) is 0 Å². The molecule has 1 amide bonds. The Kier molecular flexibility index (Phi) is 4.61.